The number of fused-ring (bicyclic) bond motifs is 1. The van der Waals surface area contributed by atoms with Gasteiger partial charge in [0.2, 0.25) is 0 Å². The number of carbonyl (C=O) groups excluding carboxylic acids is 1. The first-order chi connectivity index (χ1) is 8.64. The molecule has 0 spiro atoms. The zero-order valence-corrected chi connectivity index (χ0v) is 13.3. The van der Waals surface area contributed by atoms with Crippen LogP contribution < -0.4 is 0 Å². The lowest BCUT2D eigenvalue weighted by Gasteiger charge is -2.51. The van der Waals surface area contributed by atoms with Gasteiger partial charge in [0, 0.05) is 5.56 Å². The molecule has 0 unspecified atom stereocenters. The maximum Gasteiger partial charge on any atom is 0.150 e. The van der Waals surface area contributed by atoms with Crippen LogP contribution >= 0.6 is 0 Å². The maximum atomic E-state index is 11.2. The molecule has 1 aliphatic rings. The van der Waals surface area contributed by atoms with Crippen molar-refractivity contribution >= 4 is 6.29 Å². The minimum Gasteiger partial charge on any atom is -0.298 e. The molecule has 0 radical (unpaired) electrons. The highest BCUT2D eigenvalue weighted by molar-refractivity contribution is 5.78. The van der Waals surface area contributed by atoms with Crippen LogP contribution in [-0.2, 0) is 10.8 Å². The van der Waals surface area contributed by atoms with Crippen LogP contribution in [0.2, 0.25) is 0 Å². The topological polar surface area (TPSA) is 17.1 Å². The number of aldehydes is 1. The molecule has 1 nitrogen and oxygen atoms in total. The zero-order chi connectivity index (χ0) is 14.6. The summed E-state index contributed by atoms with van der Waals surface area (Å²) in [6.45, 7) is 16.0. The fraction of sp³-hybridized carbons (Fsp3) is 0.611. The Morgan fingerprint density at radius 3 is 1.79 bits per heavy atom. The van der Waals surface area contributed by atoms with Gasteiger partial charge in [0.1, 0.15) is 6.29 Å². The van der Waals surface area contributed by atoms with Crippen molar-refractivity contribution in [2.75, 3.05) is 0 Å². The highest BCUT2D eigenvalue weighted by atomic mass is 16.1. The highest BCUT2D eigenvalue weighted by Gasteiger charge is 2.47. The predicted octanol–water partition coefficient (Wildman–Crippen LogP) is 4.65. The molecule has 0 fully saturated rings. The molecule has 0 heterocycles. The summed E-state index contributed by atoms with van der Waals surface area (Å²) in [5.74, 6) is 1.22. The summed E-state index contributed by atoms with van der Waals surface area (Å²) < 4.78 is 0. The molecular formula is C18H26O. The van der Waals surface area contributed by atoms with Crippen LogP contribution in [-0.4, -0.2) is 6.29 Å². The Labute approximate surface area is 117 Å². The quantitative estimate of drug-likeness (QED) is 0.670. The fourth-order valence-electron chi connectivity index (χ4n) is 3.66. The van der Waals surface area contributed by atoms with Gasteiger partial charge < -0.3 is 0 Å². The second kappa shape index (κ2) is 4.19. The lowest BCUT2D eigenvalue weighted by atomic mass is 9.53. The Morgan fingerprint density at radius 2 is 1.37 bits per heavy atom. The molecule has 1 aromatic rings. The third-order valence-corrected chi connectivity index (χ3v) is 5.95. The second-order valence-corrected chi connectivity index (χ2v) is 7.39. The van der Waals surface area contributed by atoms with E-state index in [1.54, 1.807) is 0 Å². The molecule has 1 heteroatoms. The van der Waals surface area contributed by atoms with E-state index < -0.39 is 0 Å². The standard InChI is InChI=1S/C18H26O/c1-11-8-15-16(9-14(11)10-19)18(6,7)13(3)12(2)17(15,4)5/h8-10,12-13H,1-7H3/t12-,13+/m0/s1. The maximum absolute atomic E-state index is 11.2. The monoisotopic (exact) mass is 258 g/mol. The highest BCUT2D eigenvalue weighted by Crippen LogP contribution is 2.52. The molecule has 1 aromatic carbocycles. The Kier molecular flexibility index (Phi) is 3.16. The number of aryl methyl sites for hydroxylation is 1. The first kappa shape index (κ1) is 14.3. The molecule has 1 aliphatic carbocycles. The Hall–Kier alpha value is -1.11. The average molecular weight is 258 g/mol. The van der Waals surface area contributed by atoms with Crippen molar-refractivity contribution in [1.82, 2.24) is 0 Å². The van der Waals surface area contributed by atoms with Gasteiger partial charge in [0.05, 0.1) is 0 Å². The predicted molar refractivity (Wildman–Crippen MR) is 80.9 cm³/mol. The van der Waals surface area contributed by atoms with Gasteiger partial charge in [0.15, 0.2) is 0 Å². The Bertz CT molecular complexity index is 523. The van der Waals surface area contributed by atoms with Crippen LogP contribution in [0.1, 0.15) is 68.6 Å². The van der Waals surface area contributed by atoms with Gasteiger partial charge in [-0.2, -0.15) is 0 Å². The largest absolute Gasteiger partial charge is 0.298 e. The number of benzene rings is 1. The van der Waals surface area contributed by atoms with Gasteiger partial charge in [-0.05, 0) is 52.3 Å². The van der Waals surface area contributed by atoms with E-state index in [0.29, 0.717) is 11.8 Å². The minimum atomic E-state index is 0.121. The fourth-order valence-corrected chi connectivity index (χ4v) is 3.66. The van der Waals surface area contributed by atoms with Crippen LogP contribution in [0.25, 0.3) is 0 Å². The molecule has 0 aromatic heterocycles. The van der Waals surface area contributed by atoms with Gasteiger partial charge in [-0.25, -0.2) is 0 Å². The van der Waals surface area contributed by atoms with Crippen molar-refractivity contribution in [1.29, 1.82) is 0 Å². The van der Waals surface area contributed by atoms with Crippen LogP contribution in [0.5, 0.6) is 0 Å². The van der Waals surface area contributed by atoms with E-state index in [9.17, 15) is 4.79 Å². The summed E-state index contributed by atoms with van der Waals surface area (Å²) in [6, 6.07) is 4.37. The number of hydrogen-bond donors (Lipinski definition) is 0. The molecule has 104 valence electrons. The molecule has 0 saturated carbocycles. The summed E-state index contributed by atoms with van der Waals surface area (Å²) in [4.78, 5) is 11.2. The van der Waals surface area contributed by atoms with Crippen molar-refractivity contribution in [3.05, 3.63) is 34.4 Å². The van der Waals surface area contributed by atoms with E-state index in [2.05, 4.69) is 53.7 Å². The van der Waals surface area contributed by atoms with E-state index in [4.69, 9.17) is 0 Å². The van der Waals surface area contributed by atoms with Crippen molar-refractivity contribution in [2.45, 2.75) is 59.3 Å². The Balaban J connectivity index is 2.80. The molecule has 0 amide bonds. The number of rotatable bonds is 1. The Morgan fingerprint density at radius 1 is 0.947 bits per heavy atom. The van der Waals surface area contributed by atoms with Crippen LogP contribution in [0.4, 0.5) is 0 Å². The third-order valence-electron chi connectivity index (χ3n) is 5.95. The van der Waals surface area contributed by atoms with Crippen LogP contribution in [0, 0.1) is 18.8 Å². The molecular weight excluding hydrogens is 232 g/mol. The second-order valence-electron chi connectivity index (χ2n) is 7.39. The van der Waals surface area contributed by atoms with Crippen LogP contribution in [0.15, 0.2) is 12.1 Å². The summed E-state index contributed by atoms with van der Waals surface area (Å²) in [7, 11) is 0. The SMILES string of the molecule is Cc1cc2c(cc1C=O)C(C)(C)[C@H](C)[C@H](C)C2(C)C. The van der Waals surface area contributed by atoms with Crippen molar-refractivity contribution in [3.63, 3.8) is 0 Å². The molecule has 2 atom stereocenters. The normalized spacial score (nSPS) is 27.7. The van der Waals surface area contributed by atoms with Gasteiger partial charge in [-0.3, -0.25) is 4.79 Å². The first-order valence-electron chi connectivity index (χ1n) is 7.24. The number of hydrogen-bond acceptors (Lipinski definition) is 1. The van der Waals surface area contributed by atoms with E-state index in [0.717, 1.165) is 17.4 Å². The van der Waals surface area contributed by atoms with Crippen LogP contribution in [0.3, 0.4) is 0 Å². The molecule has 0 N–H and O–H groups in total. The summed E-state index contributed by atoms with van der Waals surface area (Å²) in [6.07, 6.45) is 0.987. The van der Waals surface area contributed by atoms with Gasteiger partial charge in [0.25, 0.3) is 0 Å². The van der Waals surface area contributed by atoms with E-state index >= 15 is 0 Å². The van der Waals surface area contributed by atoms with Gasteiger partial charge in [-0.15, -0.1) is 0 Å². The van der Waals surface area contributed by atoms with E-state index in [-0.39, 0.29) is 10.8 Å². The lowest BCUT2D eigenvalue weighted by molar-refractivity contribution is 0.112. The van der Waals surface area contributed by atoms with Crippen molar-refractivity contribution in [2.24, 2.45) is 11.8 Å². The minimum absolute atomic E-state index is 0.121. The summed E-state index contributed by atoms with van der Waals surface area (Å²) in [5, 5.41) is 0. The van der Waals surface area contributed by atoms with Crippen molar-refractivity contribution in [3.8, 4) is 0 Å². The third kappa shape index (κ3) is 1.86. The zero-order valence-electron chi connectivity index (χ0n) is 13.3. The van der Waals surface area contributed by atoms with E-state index in [1.165, 1.54) is 11.1 Å². The van der Waals surface area contributed by atoms with Gasteiger partial charge in [-0.1, -0.05) is 47.6 Å². The molecule has 0 saturated heterocycles. The molecule has 0 bridgehead atoms. The van der Waals surface area contributed by atoms with E-state index in [1.807, 2.05) is 6.92 Å². The van der Waals surface area contributed by atoms with Crippen molar-refractivity contribution < 1.29 is 4.79 Å². The lowest BCUT2D eigenvalue weighted by Crippen LogP contribution is -2.46. The summed E-state index contributed by atoms with van der Waals surface area (Å²) >= 11 is 0. The average Bonchev–Trinajstić information content (AvgIpc) is 2.34. The molecule has 0 aliphatic heterocycles. The molecule has 19 heavy (non-hydrogen) atoms. The molecule has 2 rings (SSSR count). The number of carbonyl (C=O) groups is 1. The van der Waals surface area contributed by atoms with Gasteiger partial charge >= 0.3 is 0 Å². The smallest absolute Gasteiger partial charge is 0.150 e. The first-order valence-corrected chi connectivity index (χ1v) is 7.24. The summed E-state index contributed by atoms with van der Waals surface area (Å²) in [5.41, 5.74) is 5.00.